The Morgan fingerprint density at radius 1 is 1.28 bits per heavy atom. The molecule has 3 rings (SSSR count). The minimum absolute atomic E-state index is 0.0255. The van der Waals surface area contributed by atoms with Gasteiger partial charge in [0.1, 0.15) is 5.82 Å². The van der Waals surface area contributed by atoms with Crippen molar-refractivity contribution in [3.63, 3.8) is 0 Å². The van der Waals surface area contributed by atoms with Gasteiger partial charge < -0.3 is 15.5 Å². The highest BCUT2D eigenvalue weighted by atomic mass is 35.5. The Labute approximate surface area is 169 Å². The molecule has 152 valence electrons. The molecule has 0 aliphatic heterocycles. The van der Waals surface area contributed by atoms with Crippen LogP contribution in [-0.2, 0) is 6.18 Å². The highest BCUT2D eigenvalue weighted by molar-refractivity contribution is 6.28. The van der Waals surface area contributed by atoms with E-state index in [1.54, 1.807) is 24.3 Å². The van der Waals surface area contributed by atoms with Gasteiger partial charge in [-0.1, -0.05) is 12.1 Å². The molecule has 11 heteroatoms. The molecular formula is C18H16ClF3N6O. The molecule has 0 fully saturated rings. The van der Waals surface area contributed by atoms with E-state index in [1.807, 2.05) is 6.92 Å². The molecule has 0 radical (unpaired) electrons. The van der Waals surface area contributed by atoms with Gasteiger partial charge in [-0.25, -0.2) is 14.6 Å². The van der Waals surface area contributed by atoms with Gasteiger partial charge in [-0.05, 0) is 36.2 Å². The SMILES string of the molecule is COc1cc(C(F)(F)F)nn1-c1ccc(C(C)Nc2nc(Cl)ncc2C=N)cc1. The van der Waals surface area contributed by atoms with Crippen LogP contribution in [0, 0.1) is 5.41 Å². The summed E-state index contributed by atoms with van der Waals surface area (Å²) < 4.78 is 44.9. The summed E-state index contributed by atoms with van der Waals surface area (Å²) in [6.45, 7) is 1.87. The van der Waals surface area contributed by atoms with Crippen molar-refractivity contribution in [3.05, 3.63) is 58.6 Å². The van der Waals surface area contributed by atoms with Crippen molar-refractivity contribution >= 4 is 23.6 Å². The fourth-order valence-corrected chi connectivity index (χ4v) is 2.75. The number of rotatable bonds is 6. The normalized spacial score (nSPS) is 12.5. The van der Waals surface area contributed by atoms with E-state index in [0.717, 1.165) is 22.5 Å². The standard InChI is InChI=1S/C18H16ClF3N6O/c1-10(25-16-12(8-23)9-24-17(19)26-16)11-3-5-13(6-4-11)28-15(29-2)7-14(27-28)18(20,21)22/h3-10,23H,1-2H3,(H,24,25,26). The number of benzene rings is 1. The molecule has 0 aliphatic rings. The van der Waals surface area contributed by atoms with Crippen LogP contribution in [-0.4, -0.2) is 33.1 Å². The largest absolute Gasteiger partial charge is 0.481 e. The number of aromatic nitrogens is 4. The molecule has 0 spiro atoms. The van der Waals surface area contributed by atoms with E-state index in [0.29, 0.717) is 17.1 Å². The van der Waals surface area contributed by atoms with Crippen LogP contribution in [0.4, 0.5) is 19.0 Å². The zero-order valence-corrected chi connectivity index (χ0v) is 16.1. The fourth-order valence-electron chi connectivity index (χ4n) is 2.62. The average molecular weight is 425 g/mol. The van der Waals surface area contributed by atoms with Gasteiger partial charge >= 0.3 is 6.18 Å². The summed E-state index contributed by atoms with van der Waals surface area (Å²) in [6, 6.07) is 7.37. The molecule has 0 saturated carbocycles. The summed E-state index contributed by atoms with van der Waals surface area (Å²) in [5.74, 6) is 0.377. The second-order valence-electron chi connectivity index (χ2n) is 6.03. The average Bonchev–Trinajstić information content (AvgIpc) is 3.13. The van der Waals surface area contributed by atoms with Crippen molar-refractivity contribution in [1.82, 2.24) is 19.7 Å². The first kappa shape index (κ1) is 20.6. The lowest BCUT2D eigenvalue weighted by molar-refractivity contribution is -0.141. The van der Waals surface area contributed by atoms with Crippen LogP contribution in [0.25, 0.3) is 5.69 Å². The van der Waals surface area contributed by atoms with Crippen molar-refractivity contribution in [3.8, 4) is 11.6 Å². The zero-order chi connectivity index (χ0) is 21.2. The number of halogens is 4. The molecular weight excluding hydrogens is 409 g/mol. The van der Waals surface area contributed by atoms with Gasteiger partial charge in [0.05, 0.1) is 18.4 Å². The number of nitrogens with one attached hydrogen (secondary N) is 2. The van der Waals surface area contributed by atoms with E-state index in [2.05, 4.69) is 20.4 Å². The summed E-state index contributed by atoms with van der Waals surface area (Å²) in [6.07, 6.45) is -2.03. The molecule has 0 bridgehead atoms. The molecule has 0 saturated heterocycles. The number of hydrogen-bond donors (Lipinski definition) is 2. The van der Waals surface area contributed by atoms with Crippen LogP contribution in [0.2, 0.25) is 5.28 Å². The third-order valence-corrected chi connectivity index (χ3v) is 4.29. The third-order valence-electron chi connectivity index (χ3n) is 4.11. The number of methoxy groups -OCH3 is 1. The quantitative estimate of drug-likeness (QED) is 0.449. The van der Waals surface area contributed by atoms with E-state index in [-0.39, 0.29) is 17.2 Å². The predicted molar refractivity (Wildman–Crippen MR) is 102 cm³/mol. The summed E-state index contributed by atoms with van der Waals surface area (Å²) in [7, 11) is 1.28. The van der Waals surface area contributed by atoms with Gasteiger partial charge in [-0.3, -0.25) is 0 Å². The maximum atomic E-state index is 12.9. The Bertz CT molecular complexity index is 1020. The molecule has 7 nitrogen and oxygen atoms in total. The van der Waals surface area contributed by atoms with Gasteiger partial charge in [0.25, 0.3) is 0 Å². The fraction of sp³-hybridized carbons (Fsp3) is 0.222. The van der Waals surface area contributed by atoms with Crippen LogP contribution >= 0.6 is 11.6 Å². The van der Waals surface area contributed by atoms with Crippen molar-refractivity contribution in [2.75, 3.05) is 12.4 Å². The lowest BCUT2D eigenvalue weighted by atomic mass is 10.1. The lowest BCUT2D eigenvalue weighted by Gasteiger charge is -2.17. The molecule has 2 N–H and O–H groups in total. The van der Waals surface area contributed by atoms with Crippen LogP contribution in [0.15, 0.2) is 36.5 Å². The topological polar surface area (TPSA) is 88.7 Å². The number of nitrogens with zero attached hydrogens (tertiary/aromatic N) is 4. The maximum absolute atomic E-state index is 12.9. The molecule has 2 aromatic heterocycles. The number of anilines is 1. The van der Waals surface area contributed by atoms with Crippen LogP contribution < -0.4 is 10.1 Å². The van der Waals surface area contributed by atoms with Crippen LogP contribution in [0.1, 0.15) is 29.8 Å². The van der Waals surface area contributed by atoms with E-state index < -0.39 is 11.9 Å². The molecule has 0 amide bonds. The van der Waals surface area contributed by atoms with Crippen molar-refractivity contribution in [2.45, 2.75) is 19.1 Å². The zero-order valence-electron chi connectivity index (χ0n) is 15.3. The smallest absolute Gasteiger partial charge is 0.435 e. The number of ether oxygens (including phenoxy) is 1. The molecule has 29 heavy (non-hydrogen) atoms. The Balaban J connectivity index is 1.85. The van der Waals surface area contributed by atoms with Crippen molar-refractivity contribution in [1.29, 1.82) is 5.41 Å². The first-order valence-corrected chi connectivity index (χ1v) is 8.72. The number of alkyl halides is 3. The van der Waals surface area contributed by atoms with E-state index in [4.69, 9.17) is 21.7 Å². The van der Waals surface area contributed by atoms with Gasteiger partial charge in [0.2, 0.25) is 11.2 Å². The minimum Gasteiger partial charge on any atom is -0.481 e. The Morgan fingerprint density at radius 3 is 2.55 bits per heavy atom. The predicted octanol–water partition coefficient (Wildman–Crippen LogP) is 4.51. The molecule has 1 atom stereocenters. The van der Waals surface area contributed by atoms with Gasteiger partial charge in [-0.15, -0.1) is 0 Å². The molecule has 0 aliphatic carbocycles. The highest BCUT2D eigenvalue weighted by Gasteiger charge is 2.35. The van der Waals surface area contributed by atoms with Gasteiger partial charge in [0.15, 0.2) is 5.69 Å². The maximum Gasteiger partial charge on any atom is 0.435 e. The Kier molecular flexibility index (Phi) is 5.73. The van der Waals surface area contributed by atoms with Gasteiger partial charge in [0, 0.05) is 24.5 Å². The van der Waals surface area contributed by atoms with E-state index in [1.165, 1.54) is 13.3 Å². The summed E-state index contributed by atoms with van der Waals surface area (Å²) in [5, 5.41) is 14.2. The summed E-state index contributed by atoms with van der Waals surface area (Å²) in [5.41, 5.74) is 0.687. The summed E-state index contributed by atoms with van der Waals surface area (Å²) in [4.78, 5) is 7.91. The Hall–Kier alpha value is -3.14. The van der Waals surface area contributed by atoms with E-state index >= 15 is 0 Å². The third kappa shape index (κ3) is 4.48. The van der Waals surface area contributed by atoms with Crippen LogP contribution in [0.5, 0.6) is 5.88 Å². The highest BCUT2D eigenvalue weighted by Crippen LogP contribution is 2.32. The van der Waals surface area contributed by atoms with Crippen molar-refractivity contribution in [2.24, 2.45) is 0 Å². The first-order chi connectivity index (χ1) is 13.7. The second-order valence-corrected chi connectivity index (χ2v) is 6.36. The Morgan fingerprint density at radius 2 is 1.97 bits per heavy atom. The van der Waals surface area contributed by atoms with E-state index in [9.17, 15) is 13.2 Å². The van der Waals surface area contributed by atoms with Gasteiger partial charge in [-0.2, -0.15) is 18.3 Å². The van der Waals surface area contributed by atoms with Crippen LogP contribution in [0.3, 0.4) is 0 Å². The lowest BCUT2D eigenvalue weighted by Crippen LogP contribution is -2.11. The summed E-state index contributed by atoms with van der Waals surface area (Å²) >= 11 is 5.82. The molecule has 2 heterocycles. The van der Waals surface area contributed by atoms with Crippen molar-refractivity contribution < 1.29 is 17.9 Å². The monoisotopic (exact) mass is 424 g/mol. The molecule has 1 aromatic carbocycles. The number of hydrogen-bond acceptors (Lipinski definition) is 6. The first-order valence-electron chi connectivity index (χ1n) is 8.34. The minimum atomic E-state index is -4.57. The molecule has 3 aromatic rings. The second kappa shape index (κ2) is 8.08. The molecule has 1 unspecified atom stereocenters.